The van der Waals surface area contributed by atoms with E-state index in [0.29, 0.717) is 28.8 Å². The van der Waals surface area contributed by atoms with Crippen molar-refractivity contribution in [1.29, 1.82) is 0 Å². The van der Waals surface area contributed by atoms with E-state index >= 15 is 0 Å². The molecule has 0 aromatic carbocycles. The Morgan fingerprint density at radius 2 is 2.04 bits per heavy atom. The van der Waals surface area contributed by atoms with Crippen molar-refractivity contribution >= 4 is 33.3 Å². The van der Waals surface area contributed by atoms with Crippen molar-refractivity contribution in [1.82, 2.24) is 19.7 Å². The highest BCUT2D eigenvalue weighted by atomic mass is 32.2. The zero-order chi connectivity index (χ0) is 19.0. The summed E-state index contributed by atoms with van der Waals surface area (Å²) in [5.41, 5.74) is 0.975. The van der Waals surface area contributed by atoms with Crippen molar-refractivity contribution in [2.45, 2.75) is 57.5 Å². The summed E-state index contributed by atoms with van der Waals surface area (Å²) >= 11 is 3.00. The average molecular weight is 391 g/mol. The number of hydrogen-bond acceptors (Lipinski definition) is 7. The molecule has 138 valence electrons. The lowest BCUT2D eigenvalue weighted by Gasteiger charge is -2.12. The minimum Gasteiger partial charge on any atom is -0.338 e. The normalized spacial score (nSPS) is 12.8. The lowest BCUT2D eigenvalue weighted by molar-refractivity contribution is 0.372. The van der Waals surface area contributed by atoms with Gasteiger partial charge >= 0.3 is 0 Å². The molecule has 0 spiro atoms. The Labute approximate surface area is 160 Å². The minimum absolute atomic E-state index is 0.0279. The lowest BCUT2D eigenvalue weighted by atomic mass is 10.2. The Morgan fingerprint density at radius 1 is 1.31 bits per heavy atom. The monoisotopic (exact) mass is 390 g/mol. The zero-order valence-corrected chi connectivity index (χ0v) is 17.2. The zero-order valence-electron chi connectivity index (χ0n) is 15.6. The van der Waals surface area contributed by atoms with E-state index in [1.165, 1.54) is 11.8 Å². The van der Waals surface area contributed by atoms with Crippen LogP contribution < -0.4 is 5.56 Å². The Hall–Kier alpha value is -1.93. The van der Waals surface area contributed by atoms with Gasteiger partial charge in [-0.1, -0.05) is 36.8 Å². The Bertz CT molecular complexity index is 1020. The highest BCUT2D eigenvalue weighted by molar-refractivity contribution is 7.99. The molecule has 0 amide bonds. The van der Waals surface area contributed by atoms with E-state index < -0.39 is 0 Å². The first-order valence-corrected chi connectivity index (χ1v) is 10.1. The molecule has 0 saturated carbocycles. The molecule has 6 nitrogen and oxygen atoms in total. The summed E-state index contributed by atoms with van der Waals surface area (Å²) in [6.07, 6.45) is 1.71. The van der Waals surface area contributed by atoms with Gasteiger partial charge in [0.25, 0.3) is 5.56 Å². The van der Waals surface area contributed by atoms with E-state index in [-0.39, 0.29) is 16.7 Å². The second-order valence-corrected chi connectivity index (χ2v) is 8.98. The van der Waals surface area contributed by atoms with Gasteiger partial charge in [0.1, 0.15) is 4.83 Å². The van der Waals surface area contributed by atoms with Gasteiger partial charge < -0.3 is 4.52 Å². The summed E-state index contributed by atoms with van der Waals surface area (Å²) in [4.78, 5) is 24.1. The number of thiophene rings is 1. The van der Waals surface area contributed by atoms with Crippen molar-refractivity contribution < 1.29 is 4.52 Å². The molecule has 0 unspecified atom stereocenters. The van der Waals surface area contributed by atoms with Crippen LogP contribution in [0.3, 0.4) is 0 Å². The van der Waals surface area contributed by atoms with Gasteiger partial charge in [-0.3, -0.25) is 9.36 Å². The van der Waals surface area contributed by atoms with Crippen LogP contribution in [0.2, 0.25) is 0 Å². The van der Waals surface area contributed by atoms with E-state index in [1.54, 1.807) is 22.0 Å². The second-order valence-electron chi connectivity index (χ2n) is 6.47. The van der Waals surface area contributed by atoms with Crippen LogP contribution in [0.1, 0.15) is 54.1 Å². The molecule has 0 fully saturated rings. The fraction of sp³-hybridized carbons (Fsp3) is 0.444. The van der Waals surface area contributed by atoms with Crippen molar-refractivity contribution in [2.24, 2.45) is 0 Å². The smallest absolute Gasteiger partial charge is 0.263 e. The van der Waals surface area contributed by atoms with E-state index in [9.17, 15) is 4.79 Å². The van der Waals surface area contributed by atoms with Gasteiger partial charge in [0, 0.05) is 17.3 Å². The third kappa shape index (κ3) is 3.35. The Morgan fingerprint density at radius 3 is 2.65 bits per heavy atom. The van der Waals surface area contributed by atoms with Gasteiger partial charge in [-0.25, -0.2) is 4.98 Å². The molecule has 3 aromatic heterocycles. The number of nitrogens with zero attached hydrogens (tertiary/aromatic N) is 4. The molecule has 3 aromatic rings. The predicted octanol–water partition coefficient (Wildman–Crippen LogP) is 4.62. The van der Waals surface area contributed by atoms with Gasteiger partial charge in [0.2, 0.25) is 5.89 Å². The summed E-state index contributed by atoms with van der Waals surface area (Å²) in [7, 11) is 0. The van der Waals surface area contributed by atoms with Gasteiger partial charge in [0.15, 0.2) is 11.0 Å². The summed E-state index contributed by atoms with van der Waals surface area (Å²) in [5.74, 6) is 1.43. The van der Waals surface area contributed by atoms with Crippen molar-refractivity contribution in [2.75, 3.05) is 0 Å². The van der Waals surface area contributed by atoms with E-state index in [0.717, 1.165) is 15.3 Å². The molecule has 0 aliphatic heterocycles. The van der Waals surface area contributed by atoms with Gasteiger partial charge in [0.05, 0.1) is 10.6 Å². The van der Waals surface area contributed by atoms with Crippen LogP contribution in [0.25, 0.3) is 10.2 Å². The molecule has 0 bridgehead atoms. The number of allylic oxidation sites excluding steroid dienone is 1. The van der Waals surface area contributed by atoms with Crippen molar-refractivity contribution in [3.05, 3.63) is 45.2 Å². The molecule has 8 heteroatoms. The standard InChI is InChI=1S/C18H22N4O2S2/c1-7-8-22-17(23)13-10(4)11(5)25-16(13)20-18(22)26-12(6)15-19-14(9(2)3)21-24-15/h7,9,12H,1,8H2,2-6H3/t12-/m0/s1. The van der Waals surface area contributed by atoms with Crippen molar-refractivity contribution in [3.63, 3.8) is 0 Å². The quantitative estimate of drug-likeness (QED) is 0.347. The first-order valence-electron chi connectivity index (χ1n) is 8.45. The molecule has 1 atom stereocenters. The Kier molecular flexibility index (Phi) is 5.34. The van der Waals surface area contributed by atoms with Gasteiger partial charge in [-0.05, 0) is 26.3 Å². The van der Waals surface area contributed by atoms with E-state index in [2.05, 4.69) is 16.7 Å². The topological polar surface area (TPSA) is 73.8 Å². The Balaban J connectivity index is 2.04. The number of fused-ring (bicyclic) bond motifs is 1. The summed E-state index contributed by atoms with van der Waals surface area (Å²) in [6.45, 7) is 14.2. The summed E-state index contributed by atoms with van der Waals surface area (Å²) in [5, 5.41) is 5.24. The number of aryl methyl sites for hydroxylation is 2. The molecular weight excluding hydrogens is 368 g/mol. The predicted molar refractivity (Wildman–Crippen MR) is 106 cm³/mol. The number of aromatic nitrogens is 4. The molecule has 0 N–H and O–H groups in total. The van der Waals surface area contributed by atoms with Crippen LogP contribution in [0.5, 0.6) is 0 Å². The van der Waals surface area contributed by atoms with E-state index in [4.69, 9.17) is 9.51 Å². The average Bonchev–Trinajstić information content (AvgIpc) is 3.17. The third-order valence-electron chi connectivity index (χ3n) is 4.17. The number of rotatable bonds is 6. The number of thioether (sulfide) groups is 1. The lowest BCUT2D eigenvalue weighted by Crippen LogP contribution is -2.22. The molecule has 0 aliphatic carbocycles. The maximum Gasteiger partial charge on any atom is 0.263 e. The van der Waals surface area contributed by atoms with Crippen LogP contribution >= 0.6 is 23.1 Å². The first kappa shape index (κ1) is 18.8. The maximum absolute atomic E-state index is 13.0. The van der Waals surface area contributed by atoms with E-state index in [1.807, 2.05) is 34.6 Å². The molecule has 26 heavy (non-hydrogen) atoms. The fourth-order valence-electron chi connectivity index (χ4n) is 2.54. The van der Waals surface area contributed by atoms with Crippen LogP contribution in [0, 0.1) is 13.8 Å². The number of hydrogen-bond donors (Lipinski definition) is 0. The van der Waals surface area contributed by atoms with Crippen molar-refractivity contribution in [3.8, 4) is 0 Å². The maximum atomic E-state index is 13.0. The van der Waals surface area contributed by atoms with Crippen LogP contribution in [-0.2, 0) is 6.54 Å². The van der Waals surface area contributed by atoms with Crippen LogP contribution in [-0.4, -0.2) is 19.7 Å². The molecule has 3 rings (SSSR count). The highest BCUT2D eigenvalue weighted by Gasteiger charge is 2.22. The first-order chi connectivity index (χ1) is 12.3. The SMILES string of the molecule is C=CCn1c(S[C@@H](C)c2nc(C(C)C)no2)nc2sc(C)c(C)c2c1=O. The highest BCUT2D eigenvalue weighted by Crippen LogP contribution is 2.35. The molecule has 0 aliphatic rings. The third-order valence-corrected chi connectivity index (χ3v) is 6.35. The molecule has 0 radical (unpaired) electrons. The summed E-state index contributed by atoms with van der Waals surface area (Å²) in [6, 6.07) is 0. The van der Waals surface area contributed by atoms with Crippen LogP contribution in [0.15, 0.2) is 27.1 Å². The minimum atomic E-state index is -0.113. The molecule has 0 saturated heterocycles. The van der Waals surface area contributed by atoms with Gasteiger partial charge in [-0.15, -0.1) is 17.9 Å². The fourth-order valence-corrected chi connectivity index (χ4v) is 4.56. The second kappa shape index (κ2) is 7.36. The van der Waals surface area contributed by atoms with Gasteiger partial charge in [-0.2, -0.15) is 4.98 Å². The molecular formula is C18H22N4O2S2. The molecule has 3 heterocycles. The van der Waals surface area contributed by atoms with Crippen LogP contribution in [0.4, 0.5) is 0 Å². The largest absolute Gasteiger partial charge is 0.338 e. The summed E-state index contributed by atoms with van der Waals surface area (Å²) < 4.78 is 7.05.